The Balaban J connectivity index is 2.30. The molecule has 18 heavy (non-hydrogen) atoms. The average molecular weight is 269 g/mol. The number of halogens is 1. The van der Waals surface area contributed by atoms with Crippen LogP contribution in [0.2, 0.25) is 0 Å². The zero-order valence-electron chi connectivity index (χ0n) is 10.4. The van der Waals surface area contributed by atoms with Crippen LogP contribution in [-0.4, -0.2) is 17.5 Å². The molecule has 1 aliphatic carbocycles. The second-order valence-electron chi connectivity index (χ2n) is 4.63. The highest BCUT2D eigenvalue weighted by Gasteiger charge is 2.29. The Morgan fingerprint density at radius 1 is 1.50 bits per heavy atom. The minimum atomic E-state index is -0.372. The number of alkyl halides is 1. The fourth-order valence-electron chi connectivity index (χ4n) is 2.19. The van der Waals surface area contributed by atoms with Crippen LogP contribution >= 0.6 is 11.6 Å². The minimum Gasteiger partial charge on any atom is -0.369 e. The highest BCUT2D eigenvalue weighted by atomic mass is 35.5. The number of benzene rings is 1. The van der Waals surface area contributed by atoms with Gasteiger partial charge in [0.15, 0.2) is 0 Å². The molecule has 1 fully saturated rings. The lowest BCUT2D eigenvalue weighted by molar-refractivity contribution is -0.385. The first kappa shape index (κ1) is 13.1. The Labute approximate surface area is 112 Å². The van der Waals surface area contributed by atoms with Gasteiger partial charge in [0.2, 0.25) is 0 Å². The molecule has 0 N–H and O–H groups in total. The highest BCUT2D eigenvalue weighted by Crippen LogP contribution is 2.34. The SMILES string of the molecule is CCCN(c1ccc([N+](=O)[O-])c(CCl)c1)C1CC1. The molecule has 0 saturated heterocycles. The summed E-state index contributed by atoms with van der Waals surface area (Å²) < 4.78 is 0. The zero-order chi connectivity index (χ0) is 13.1. The molecule has 1 aromatic rings. The maximum Gasteiger partial charge on any atom is 0.273 e. The molecule has 2 rings (SSSR count). The second-order valence-corrected chi connectivity index (χ2v) is 4.90. The van der Waals surface area contributed by atoms with Gasteiger partial charge in [-0.05, 0) is 31.4 Å². The summed E-state index contributed by atoms with van der Waals surface area (Å²) in [6, 6.07) is 5.87. The Bertz CT molecular complexity index is 447. The summed E-state index contributed by atoms with van der Waals surface area (Å²) in [7, 11) is 0. The van der Waals surface area contributed by atoms with Gasteiger partial charge in [0, 0.05) is 29.9 Å². The van der Waals surface area contributed by atoms with Crippen molar-refractivity contribution >= 4 is 23.0 Å². The molecule has 5 heteroatoms. The molecule has 0 radical (unpaired) electrons. The van der Waals surface area contributed by atoms with E-state index in [1.54, 1.807) is 6.07 Å². The van der Waals surface area contributed by atoms with Gasteiger partial charge in [-0.3, -0.25) is 10.1 Å². The van der Waals surface area contributed by atoms with Crippen LogP contribution in [0.15, 0.2) is 18.2 Å². The van der Waals surface area contributed by atoms with Crippen molar-refractivity contribution < 1.29 is 4.92 Å². The quantitative estimate of drug-likeness (QED) is 0.449. The highest BCUT2D eigenvalue weighted by molar-refractivity contribution is 6.17. The summed E-state index contributed by atoms with van der Waals surface area (Å²) in [5, 5.41) is 10.9. The smallest absolute Gasteiger partial charge is 0.273 e. The number of nitro benzene ring substituents is 1. The first-order valence-electron chi connectivity index (χ1n) is 6.27. The predicted octanol–water partition coefficient (Wildman–Crippen LogP) is 3.71. The Kier molecular flexibility index (Phi) is 4.07. The van der Waals surface area contributed by atoms with Crippen LogP contribution in [0.3, 0.4) is 0 Å². The molecule has 0 atom stereocenters. The van der Waals surface area contributed by atoms with Crippen molar-refractivity contribution in [3.8, 4) is 0 Å². The zero-order valence-corrected chi connectivity index (χ0v) is 11.2. The van der Waals surface area contributed by atoms with Gasteiger partial charge < -0.3 is 4.90 Å². The van der Waals surface area contributed by atoms with Crippen LogP contribution < -0.4 is 4.90 Å². The number of rotatable bonds is 6. The third-order valence-corrected chi connectivity index (χ3v) is 3.48. The van der Waals surface area contributed by atoms with E-state index in [1.165, 1.54) is 12.8 Å². The molecule has 0 aliphatic heterocycles. The summed E-state index contributed by atoms with van der Waals surface area (Å²) in [5.41, 5.74) is 1.77. The number of hydrogen-bond donors (Lipinski definition) is 0. The van der Waals surface area contributed by atoms with Crippen LogP contribution in [0.25, 0.3) is 0 Å². The topological polar surface area (TPSA) is 46.4 Å². The standard InChI is InChI=1S/C13H17ClN2O2/c1-2-7-15(11-3-4-11)12-5-6-13(16(17)18)10(8-12)9-14/h5-6,8,11H,2-4,7,9H2,1H3. The van der Waals surface area contributed by atoms with Crippen molar-refractivity contribution in [3.05, 3.63) is 33.9 Å². The Morgan fingerprint density at radius 3 is 2.72 bits per heavy atom. The number of hydrogen-bond acceptors (Lipinski definition) is 3. The maximum absolute atomic E-state index is 10.9. The second kappa shape index (κ2) is 5.57. The van der Waals surface area contributed by atoms with Gasteiger partial charge in [0.05, 0.1) is 10.8 Å². The fourth-order valence-corrected chi connectivity index (χ4v) is 2.40. The van der Waals surface area contributed by atoms with Crippen molar-refractivity contribution in [1.82, 2.24) is 0 Å². The number of nitrogens with zero attached hydrogens (tertiary/aromatic N) is 2. The fraction of sp³-hybridized carbons (Fsp3) is 0.538. The molecule has 98 valence electrons. The first-order valence-corrected chi connectivity index (χ1v) is 6.80. The average Bonchev–Trinajstić information content (AvgIpc) is 3.19. The van der Waals surface area contributed by atoms with Crippen molar-refractivity contribution in [2.24, 2.45) is 0 Å². The van der Waals surface area contributed by atoms with Crippen LogP contribution in [-0.2, 0) is 5.88 Å². The predicted molar refractivity (Wildman–Crippen MR) is 73.3 cm³/mol. The van der Waals surface area contributed by atoms with Crippen LogP contribution in [0.5, 0.6) is 0 Å². The van der Waals surface area contributed by atoms with Crippen molar-refractivity contribution in [2.45, 2.75) is 38.1 Å². The van der Waals surface area contributed by atoms with E-state index in [4.69, 9.17) is 11.6 Å². The summed E-state index contributed by atoms with van der Waals surface area (Å²) in [5.74, 6) is 0.175. The van der Waals surface area contributed by atoms with Gasteiger partial charge >= 0.3 is 0 Å². The maximum atomic E-state index is 10.9. The summed E-state index contributed by atoms with van der Waals surface area (Å²) >= 11 is 5.80. The van der Waals surface area contributed by atoms with Gasteiger partial charge in [-0.1, -0.05) is 6.92 Å². The summed E-state index contributed by atoms with van der Waals surface area (Å²) in [6.07, 6.45) is 3.50. The van der Waals surface area contributed by atoms with E-state index in [-0.39, 0.29) is 16.5 Å². The minimum absolute atomic E-state index is 0.112. The van der Waals surface area contributed by atoms with Gasteiger partial charge in [0.1, 0.15) is 0 Å². The van der Waals surface area contributed by atoms with Crippen LogP contribution in [0.4, 0.5) is 11.4 Å². The van der Waals surface area contributed by atoms with Crippen LogP contribution in [0.1, 0.15) is 31.7 Å². The molecule has 0 unspecified atom stereocenters. The first-order chi connectivity index (χ1) is 8.67. The lowest BCUT2D eigenvalue weighted by Crippen LogP contribution is -2.26. The largest absolute Gasteiger partial charge is 0.369 e. The normalized spacial score (nSPS) is 14.6. The van der Waals surface area contributed by atoms with E-state index < -0.39 is 0 Å². The van der Waals surface area contributed by atoms with E-state index in [1.807, 2.05) is 12.1 Å². The van der Waals surface area contributed by atoms with Crippen molar-refractivity contribution in [1.29, 1.82) is 0 Å². The third-order valence-electron chi connectivity index (χ3n) is 3.19. The van der Waals surface area contributed by atoms with Gasteiger partial charge in [-0.15, -0.1) is 11.6 Å². The molecule has 0 aromatic heterocycles. The number of anilines is 1. The van der Waals surface area contributed by atoms with E-state index >= 15 is 0 Å². The monoisotopic (exact) mass is 268 g/mol. The van der Waals surface area contributed by atoms with E-state index in [2.05, 4.69) is 11.8 Å². The lowest BCUT2D eigenvalue weighted by Gasteiger charge is -2.24. The molecule has 0 bridgehead atoms. The summed E-state index contributed by atoms with van der Waals surface area (Å²) in [4.78, 5) is 12.8. The molecule has 1 saturated carbocycles. The molecular formula is C13H17ClN2O2. The van der Waals surface area contributed by atoms with E-state index in [0.29, 0.717) is 11.6 Å². The molecule has 0 amide bonds. The molecule has 0 heterocycles. The Hall–Kier alpha value is -1.29. The lowest BCUT2D eigenvalue weighted by atomic mass is 10.1. The molecule has 4 nitrogen and oxygen atoms in total. The third kappa shape index (κ3) is 2.75. The van der Waals surface area contributed by atoms with E-state index in [9.17, 15) is 10.1 Å². The number of nitro groups is 1. The summed E-state index contributed by atoms with van der Waals surface area (Å²) in [6.45, 7) is 3.13. The van der Waals surface area contributed by atoms with Gasteiger partial charge in [-0.25, -0.2) is 0 Å². The molecule has 0 spiro atoms. The molecule has 1 aromatic carbocycles. The van der Waals surface area contributed by atoms with Gasteiger partial charge in [-0.2, -0.15) is 0 Å². The van der Waals surface area contributed by atoms with Gasteiger partial charge in [0.25, 0.3) is 5.69 Å². The Morgan fingerprint density at radius 2 is 2.22 bits per heavy atom. The molecule has 1 aliphatic rings. The van der Waals surface area contributed by atoms with Crippen molar-refractivity contribution in [3.63, 3.8) is 0 Å². The van der Waals surface area contributed by atoms with E-state index in [0.717, 1.165) is 18.7 Å². The molecular weight excluding hydrogens is 252 g/mol. The van der Waals surface area contributed by atoms with Crippen molar-refractivity contribution in [2.75, 3.05) is 11.4 Å². The van der Waals surface area contributed by atoms with Crippen LogP contribution in [0, 0.1) is 10.1 Å².